The SMILES string of the molecule is COCCNC(=S)N(CCCO)Cc1cc2cc(OC)ccc2[nH]c1=O. The molecule has 0 fully saturated rings. The molecule has 0 unspecified atom stereocenters. The first-order chi connectivity index (χ1) is 12.6. The predicted molar refractivity (Wildman–Crippen MR) is 106 cm³/mol. The van der Waals surface area contributed by atoms with Crippen molar-refractivity contribution in [3.05, 3.63) is 40.2 Å². The molecule has 0 bridgehead atoms. The van der Waals surface area contributed by atoms with Crippen LogP contribution in [0.15, 0.2) is 29.1 Å². The fourth-order valence-electron chi connectivity index (χ4n) is 2.57. The lowest BCUT2D eigenvalue weighted by atomic mass is 10.1. The third kappa shape index (κ3) is 5.42. The molecule has 26 heavy (non-hydrogen) atoms. The van der Waals surface area contributed by atoms with Gasteiger partial charge in [-0.15, -0.1) is 0 Å². The quantitative estimate of drug-likeness (QED) is 0.446. The second kappa shape index (κ2) is 10.1. The average molecular weight is 379 g/mol. The van der Waals surface area contributed by atoms with Crippen molar-refractivity contribution in [1.82, 2.24) is 15.2 Å². The Hall–Kier alpha value is -2.16. The van der Waals surface area contributed by atoms with Crippen molar-refractivity contribution < 1.29 is 14.6 Å². The van der Waals surface area contributed by atoms with Crippen LogP contribution in [0.4, 0.5) is 0 Å². The third-order valence-corrected chi connectivity index (χ3v) is 4.35. The van der Waals surface area contributed by atoms with Gasteiger partial charge in [0.05, 0.1) is 20.3 Å². The van der Waals surface area contributed by atoms with Gasteiger partial charge in [0.1, 0.15) is 5.75 Å². The van der Waals surface area contributed by atoms with Gasteiger partial charge < -0.3 is 29.8 Å². The standard InChI is InChI=1S/C18H25N3O4S/c1-24-9-6-19-18(26)21(7-3-8-22)12-14-10-13-11-15(25-2)4-5-16(13)20-17(14)23/h4-5,10-11,22H,3,6-9,12H2,1-2H3,(H,19,26)(H,20,23). The van der Waals surface area contributed by atoms with E-state index in [1.54, 1.807) is 20.3 Å². The Balaban J connectivity index is 2.23. The molecule has 0 aliphatic heterocycles. The van der Waals surface area contributed by atoms with Crippen LogP contribution in [0.1, 0.15) is 12.0 Å². The summed E-state index contributed by atoms with van der Waals surface area (Å²) >= 11 is 5.43. The molecular weight excluding hydrogens is 354 g/mol. The largest absolute Gasteiger partial charge is 0.497 e. The second-order valence-corrected chi connectivity index (χ2v) is 6.19. The van der Waals surface area contributed by atoms with Crippen molar-refractivity contribution >= 4 is 28.2 Å². The van der Waals surface area contributed by atoms with Gasteiger partial charge in [-0.05, 0) is 42.9 Å². The van der Waals surface area contributed by atoms with E-state index in [1.807, 2.05) is 23.1 Å². The number of rotatable bonds is 9. The summed E-state index contributed by atoms with van der Waals surface area (Å²) in [5.41, 5.74) is 1.19. The van der Waals surface area contributed by atoms with E-state index in [1.165, 1.54) is 0 Å². The number of hydrogen-bond acceptors (Lipinski definition) is 5. The molecule has 2 aromatic rings. The Kier molecular flexibility index (Phi) is 7.83. The number of ether oxygens (including phenoxy) is 2. The van der Waals surface area contributed by atoms with Gasteiger partial charge in [0.15, 0.2) is 5.11 Å². The van der Waals surface area contributed by atoms with Gasteiger partial charge in [-0.2, -0.15) is 0 Å². The molecule has 0 saturated carbocycles. The summed E-state index contributed by atoms with van der Waals surface area (Å²) in [6.07, 6.45) is 0.561. The first-order valence-electron chi connectivity index (χ1n) is 8.41. The smallest absolute Gasteiger partial charge is 0.253 e. The average Bonchev–Trinajstić information content (AvgIpc) is 2.65. The van der Waals surface area contributed by atoms with E-state index in [0.29, 0.717) is 43.3 Å². The lowest BCUT2D eigenvalue weighted by molar-refractivity contribution is 0.202. The first kappa shape index (κ1) is 20.2. The summed E-state index contributed by atoms with van der Waals surface area (Å²) in [6.45, 7) is 2.06. The fourth-order valence-corrected chi connectivity index (χ4v) is 2.82. The van der Waals surface area contributed by atoms with Crippen molar-refractivity contribution in [2.75, 3.05) is 40.5 Å². The van der Waals surface area contributed by atoms with E-state index < -0.39 is 0 Å². The summed E-state index contributed by atoms with van der Waals surface area (Å²) in [4.78, 5) is 17.2. The number of aliphatic hydroxyl groups excluding tert-OH is 1. The molecule has 3 N–H and O–H groups in total. The molecule has 2 rings (SSSR count). The molecule has 0 amide bonds. The Morgan fingerprint density at radius 3 is 2.85 bits per heavy atom. The highest BCUT2D eigenvalue weighted by atomic mass is 32.1. The summed E-state index contributed by atoms with van der Waals surface area (Å²) in [7, 11) is 3.23. The Morgan fingerprint density at radius 2 is 2.15 bits per heavy atom. The maximum atomic E-state index is 12.4. The first-order valence-corrected chi connectivity index (χ1v) is 8.82. The van der Waals surface area contributed by atoms with Crippen LogP contribution in [-0.4, -0.2) is 60.6 Å². The van der Waals surface area contributed by atoms with Gasteiger partial charge >= 0.3 is 0 Å². The van der Waals surface area contributed by atoms with E-state index in [9.17, 15) is 4.79 Å². The summed E-state index contributed by atoms with van der Waals surface area (Å²) in [5, 5.41) is 13.7. The number of benzene rings is 1. The molecule has 0 aliphatic carbocycles. The molecular formula is C18H25N3O4S. The molecule has 0 radical (unpaired) electrons. The highest BCUT2D eigenvalue weighted by Crippen LogP contribution is 2.19. The van der Waals surface area contributed by atoms with Crippen LogP contribution in [0.3, 0.4) is 0 Å². The molecule has 1 aromatic carbocycles. The number of aromatic amines is 1. The van der Waals surface area contributed by atoms with Gasteiger partial charge in [-0.1, -0.05) is 0 Å². The second-order valence-electron chi connectivity index (χ2n) is 5.80. The monoisotopic (exact) mass is 379 g/mol. The lowest BCUT2D eigenvalue weighted by Gasteiger charge is -2.25. The fraction of sp³-hybridized carbons (Fsp3) is 0.444. The van der Waals surface area contributed by atoms with Gasteiger partial charge in [0.2, 0.25) is 0 Å². The number of methoxy groups -OCH3 is 2. The minimum Gasteiger partial charge on any atom is -0.497 e. The highest BCUT2D eigenvalue weighted by Gasteiger charge is 2.13. The maximum absolute atomic E-state index is 12.4. The van der Waals surface area contributed by atoms with Crippen molar-refractivity contribution in [3.63, 3.8) is 0 Å². The minimum absolute atomic E-state index is 0.0580. The Labute approximate surface area is 157 Å². The number of aliphatic hydroxyl groups is 1. The molecule has 8 heteroatoms. The van der Waals surface area contributed by atoms with E-state index in [-0.39, 0.29) is 12.2 Å². The maximum Gasteiger partial charge on any atom is 0.253 e. The zero-order chi connectivity index (χ0) is 18.9. The number of H-pyrrole nitrogens is 1. The van der Waals surface area contributed by atoms with E-state index >= 15 is 0 Å². The van der Waals surface area contributed by atoms with Gasteiger partial charge in [0, 0.05) is 43.3 Å². The number of nitrogens with zero attached hydrogens (tertiary/aromatic N) is 1. The molecule has 0 atom stereocenters. The lowest BCUT2D eigenvalue weighted by Crippen LogP contribution is -2.42. The van der Waals surface area contributed by atoms with Crippen LogP contribution in [-0.2, 0) is 11.3 Å². The summed E-state index contributed by atoms with van der Waals surface area (Å²) < 4.78 is 10.3. The molecule has 0 saturated heterocycles. The van der Waals surface area contributed by atoms with Crippen LogP contribution in [0.2, 0.25) is 0 Å². The molecule has 1 aromatic heterocycles. The molecule has 142 valence electrons. The van der Waals surface area contributed by atoms with Crippen molar-refractivity contribution in [3.8, 4) is 5.75 Å². The highest BCUT2D eigenvalue weighted by molar-refractivity contribution is 7.80. The number of pyridine rings is 1. The van der Waals surface area contributed by atoms with Crippen molar-refractivity contribution in [2.45, 2.75) is 13.0 Å². The minimum atomic E-state index is -0.156. The van der Waals surface area contributed by atoms with Gasteiger partial charge in [-0.25, -0.2) is 0 Å². The van der Waals surface area contributed by atoms with E-state index in [4.69, 9.17) is 26.8 Å². The van der Waals surface area contributed by atoms with Gasteiger partial charge in [-0.3, -0.25) is 4.79 Å². The number of thiocarbonyl (C=S) groups is 1. The number of hydrogen-bond donors (Lipinski definition) is 3. The Bertz CT molecular complexity index is 794. The van der Waals surface area contributed by atoms with Crippen LogP contribution < -0.4 is 15.6 Å². The Morgan fingerprint density at radius 1 is 1.35 bits per heavy atom. The molecule has 1 heterocycles. The van der Waals surface area contributed by atoms with E-state index in [2.05, 4.69) is 10.3 Å². The zero-order valence-electron chi connectivity index (χ0n) is 15.1. The van der Waals surface area contributed by atoms with Crippen molar-refractivity contribution in [2.24, 2.45) is 0 Å². The predicted octanol–water partition coefficient (Wildman–Crippen LogP) is 1.24. The zero-order valence-corrected chi connectivity index (χ0v) is 15.9. The topological polar surface area (TPSA) is 86.8 Å². The summed E-state index contributed by atoms with van der Waals surface area (Å²) in [6, 6.07) is 7.35. The van der Waals surface area contributed by atoms with E-state index in [0.717, 1.165) is 16.7 Å². The molecule has 7 nitrogen and oxygen atoms in total. The van der Waals surface area contributed by atoms with Crippen LogP contribution >= 0.6 is 12.2 Å². The van der Waals surface area contributed by atoms with Crippen molar-refractivity contribution in [1.29, 1.82) is 0 Å². The third-order valence-electron chi connectivity index (χ3n) is 3.95. The number of aromatic nitrogens is 1. The normalized spacial score (nSPS) is 10.7. The van der Waals surface area contributed by atoms with Crippen LogP contribution in [0, 0.1) is 0 Å². The molecule has 0 spiro atoms. The van der Waals surface area contributed by atoms with Crippen LogP contribution in [0.5, 0.6) is 5.75 Å². The molecule has 0 aliphatic rings. The number of nitrogens with one attached hydrogen (secondary N) is 2. The summed E-state index contributed by atoms with van der Waals surface area (Å²) in [5.74, 6) is 0.726. The van der Waals surface area contributed by atoms with Crippen LogP contribution in [0.25, 0.3) is 10.9 Å². The van der Waals surface area contributed by atoms with Gasteiger partial charge in [0.25, 0.3) is 5.56 Å². The number of fused-ring (bicyclic) bond motifs is 1.